The van der Waals surface area contributed by atoms with E-state index in [1.54, 1.807) is 36.1 Å². The zero-order valence-electron chi connectivity index (χ0n) is 15.4. The number of anilines is 3. The highest BCUT2D eigenvalue weighted by Crippen LogP contribution is 2.31. The van der Waals surface area contributed by atoms with Crippen LogP contribution >= 0.6 is 0 Å². The van der Waals surface area contributed by atoms with Gasteiger partial charge in [0.05, 0.1) is 5.75 Å². The van der Waals surface area contributed by atoms with E-state index >= 15 is 0 Å². The summed E-state index contributed by atoms with van der Waals surface area (Å²) < 4.78 is 22.6. The van der Waals surface area contributed by atoms with Crippen molar-refractivity contribution in [3.8, 4) is 0 Å². The number of nitrogens with zero attached hydrogens (tertiary/aromatic N) is 4. The number of carboxylic acid groups (broad SMARTS) is 1. The van der Waals surface area contributed by atoms with Crippen LogP contribution in [0.3, 0.4) is 0 Å². The highest BCUT2D eigenvalue weighted by atomic mass is 32.2. The molecule has 2 heterocycles. The summed E-state index contributed by atoms with van der Waals surface area (Å²) >= 11 is 0. The monoisotopic (exact) mass is 406 g/mol. The van der Waals surface area contributed by atoms with E-state index < -0.39 is 21.5 Å². The summed E-state index contributed by atoms with van der Waals surface area (Å²) in [5, 5.41) is 17.8. The highest BCUT2D eigenvalue weighted by Gasteiger charge is 2.42. The maximum Gasteiger partial charge on any atom is 0.329 e. The van der Waals surface area contributed by atoms with Gasteiger partial charge in [-0.25, -0.2) is 28.3 Å². The third-order valence-electron chi connectivity index (χ3n) is 4.70. The number of carboxylic acids is 1. The molecule has 150 valence electrons. The Bertz CT molecular complexity index is 983. The standard InChI is InChI=1S/C17H22N6O4S/c1-17(14(24)25)7-2-3-8-23(17)16-20-11-19-15(22-16)21-13-6-4-5-12(9-13)10-28(18,26)27/h4-6,9,11H,2-3,7-8,10H2,1H3,(H,24,25)(H2,18,26,27)(H,19,20,21,22)/t17-/m1/s1. The summed E-state index contributed by atoms with van der Waals surface area (Å²) in [6.07, 6.45) is 3.50. The van der Waals surface area contributed by atoms with Gasteiger partial charge in [-0.3, -0.25) is 0 Å². The number of sulfonamides is 1. The molecule has 1 aromatic carbocycles. The first-order valence-electron chi connectivity index (χ1n) is 8.74. The molecule has 1 saturated heterocycles. The summed E-state index contributed by atoms with van der Waals surface area (Å²) in [6, 6.07) is 6.71. The van der Waals surface area contributed by atoms with Crippen molar-refractivity contribution < 1.29 is 18.3 Å². The minimum atomic E-state index is -3.64. The predicted octanol–water partition coefficient (Wildman–Crippen LogP) is 1.24. The first kappa shape index (κ1) is 20.0. The molecule has 1 aliphatic rings. The van der Waals surface area contributed by atoms with Crippen LogP contribution in [0, 0.1) is 0 Å². The molecule has 1 aromatic heterocycles. The van der Waals surface area contributed by atoms with Crippen LogP contribution in [0.1, 0.15) is 31.7 Å². The van der Waals surface area contributed by atoms with Crippen molar-refractivity contribution in [3.05, 3.63) is 36.2 Å². The van der Waals surface area contributed by atoms with Crippen molar-refractivity contribution in [2.75, 3.05) is 16.8 Å². The third kappa shape index (κ3) is 4.54. The zero-order valence-corrected chi connectivity index (χ0v) is 16.2. The van der Waals surface area contributed by atoms with Crippen molar-refractivity contribution in [3.63, 3.8) is 0 Å². The summed E-state index contributed by atoms with van der Waals surface area (Å²) in [5.41, 5.74) is 0.0286. The largest absolute Gasteiger partial charge is 0.480 e. The lowest BCUT2D eigenvalue weighted by molar-refractivity contribution is -0.143. The van der Waals surface area contributed by atoms with E-state index in [1.807, 2.05) is 0 Å². The van der Waals surface area contributed by atoms with E-state index in [4.69, 9.17) is 5.14 Å². The number of benzene rings is 1. The Labute approximate surface area is 162 Å². The lowest BCUT2D eigenvalue weighted by Gasteiger charge is -2.41. The van der Waals surface area contributed by atoms with E-state index in [0.717, 1.165) is 12.8 Å². The SMILES string of the molecule is C[C@]1(C(=O)O)CCCCN1c1ncnc(Nc2cccc(CS(N)(=O)=O)c2)n1. The summed E-state index contributed by atoms with van der Waals surface area (Å²) in [5.74, 6) is -0.688. The first-order valence-corrected chi connectivity index (χ1v) is 10.5. The van der Waals surface area contributed by atoms with Crippen LogP contribution in [0.25, 0.3) is 0 Å². The Balaban J connectivity index is 1.84. The maximum atomic E-state index is 11.8. The normalized spacial score (nSPS) is 20.0. The third-order valence-corrected chi connectivity index (χ3v) is 5.44. The van der Waals surface area contributed by atoms with Gasteiger partial charge in [-0.15, -0.1) is 0 Å². The van der Waals surface area contributed by atoms with E-state index in [2.05, 4.69) is 20.3 Å². The number of hydrogen-bond acceptors (Lipinski definition) is 8. The van der Waals surface area contributed by atoms with Crippen LogP contribution < -0.4 is 15.4 Å². The zero-order chi connectivity index (χ0) is 20.4. The molecule has 2 aromatic rings. The van der Waals surface area contributed by atoms with Crippen LogP contribution in [0.2, 0.25) is 0 Å². The number of aromatic nitrogens is 3. The summed E-state index contributed by atoms with van der Waals surface area (Å²) in [6.45, 7) is 2.21. The van der Waals surface area contributed by atoms with Crippen LogP contribution in [0.15, 0.2) is 30.6 Å². The summed E-state index contributed by atoms with van der Waals surface area (Å²) in [7, 11) is -3.64. The molecule has 28 heavy (non-hydrogen) atoms. The van der Waals surface area contributed by atoms with Crippen molar-refractivity contribution in [1.82, 2.24) is 15.0 Å². The van der Waals surface area contributed by atoms with Gasteiger partial charge in [-0.05, 0) is 43.9 Å². The molecular formula is C17H22N6O4S. The molecular weight excluding hydrogens is 384 g/mol. The second kappa shape index (κ2) is 7.68. The number of hydrogen-bond donors (Lipinski definition) is 3. The number of piperidine rings is 1. The fourth-order valence-corrected chi connectivity index (χ4v) is 3.89. The fraction of sp³-hybridized carbons (Fsp3) is 0.412. The molecule has 1 atom stereocenters. The van der Waals surface area contributed by atoms with Crippen LogP contribution in [-0.4, -0.2) is 46.5 Å². The Morgan fingerprint density at radius 1 is 1.36 bits per heavy atom. The molecule has 0 bridgehead atoms. The minimum Gasteiger partial charge on any atom is -0.480 e. The van der Waals surface area contributed by atoms with Gasteiger partial charge in [0.2, 0.25) is 21.9 Å². The predicted molar refractivity (Wildman–Crippen MR) is 104 cm³/mol. The van der Waals surface area contributed by atoms with Gasteiger partial charge >= 0.3 is 5.97 Å². The summed E-state index contributed by atoms with van der Waals surface area (Å²) in [4.78, 5) is 26.1. The number of carbonyl (C=O) groups is 1. The van der Waals surface area contributed by atoms with E-state index in [1.165, 1.54) is 6.33 Å². The average molecular weight is 406 g/mol. The van der Waals surface area contributed by atoms with E-state index in [0.29, 0.717) is 24.2 Å². The van der Waals surface area contributed by atoms with Crippen molar-refractivity contribution in [1.29, 1.82) is 0 Å². The lowest BCUT2D eigenvalue weighted by Crippen LogP contribution is -2.56. The number of rotatable bonds is 6. The number of nitrogens with two attached hydrogens (primary N) is 1. The van der Waals surface area contributed by atoms with Gasteiger partial charge in [0.1, 0.15) is 11.9 Å². The van der Waals surface area contributed by atoms with Crippen LogP contribution in [-0.2, 0) is 20.6 Å². The number of nitrogens with one attached hydrogen (secondary N) is 1. The second-order valence-electron chi connectivity index (χ2n) is 6.93. The van der Waals surface area contributed by atoms with Crippen LogP contribution in [0.5, 0.6) is 0 Å². The Kier molecular flexibility index (Phi) is 5.47. The van der Waals surface area contributed by atoms with Gasteiger partial charge < -0.3 is 15.3 Å². The smallest absolute Gasteiger partial charge is 0.329 e. The molecule has 3 rings (SSSR count). The fourth-order valence-electron chi connectivity index (χ4n) is 3.24. The Hall–Kier alpha value is -2.79. The van der Waals surface area contributed by atoms with Crippen molar-refractivity contribution >= 4 is 33.6 Å². The highest BCUT2D eigenvalue weighted by molar-refractivity contribution is 7.88. The molecule has 0 radical (unpaired) electrons. The molecule has 4 N–H and O–H groups in total. The van der Waals surface area contributed by atoms with Gasteiger partial charge in [0.15, 0.2) is 0 Å². The van der Waals surface area contributed by atoms with Gasteiger partial charge in [0.25, 0.3) is 0 Å². The molecule has 0 aliphatic carbocycles. The number of primary sulfonamides is 1. The second-order valence-corrected chi connectivity index (χ2v) is 8.54. The molecule has 0 unspecified atom stereocenters. The van der Waals surface area contributed by atoms with Gasteiger partial charge in [-0.2, -0.15) is 4.98 Å². The van der Waals surface area contributed by atoms with Crippen molar-refractivity contribution in [2.24, 2.45) is 5.14 Å². The van der Waals surface area contributed by atoms with Gasteiger partial charge in [-0.1, -0.05) is 12.1 Å². The molecule has 1 fully saturated rings. The van der Waals surface area contributed by atoms with E-state index in [-0.39, 0.29) is 17.6 Å². The van der Waals surface area contributed by atoms with Crippen LogP contribution in [0.4, 0.5) is 17.6 Å². The van der Waals surface area contributed by atoms with Gasteiger partial charge in [0, 0.05) is 12.2 Å². The molecule has 10 nitrogen and oxygen atoms in total. The Morgan fingerprint density at radius 2 is 2.14 bits per heavy atom. The first-order chi connectivity index (χ1) is 13.2. The van der Waals surface area contributed by atoms with E-state index in [9.17, 15) is 18.3 Å². The average Bonchev–Trinajstić information content (AvgIpc) is 2.61. The molecule has 0 spiro atoms. The molecule has 1 aliphatic heterocycles. The quantitative estimate of drug-likeness (QED) is 0.643. The molecule has 0 amide bonds. The van der Waals surface area contributed by atoms with Crippen molar-refractivity contribution in [2.45, 2.75) is 37.5 Å². The molecule has 11 heteroatoms. The Morgan fingerprint density at radius 3 is 2.86 bits per heavy atom. The molecule has 0 saturated carbocycles. The lowest BCUT2D eigenvalue weighted by atomic mass is 9.89. The number of aliphatic carboxylic acids is 1. The minimum absolute atomic E-state index is 0.232. The maximum absolute atomic E-state index is 11.8. The topological polar surface area (TPSA) is 151 Å².